The van der Waals surface area contributed by atoms with Crippen LogP contribution in [0.2, 0.25) is 0 Å². The topological polar surface area (TPSA) is 87.0 Å². The Labute approximate surface area is 185 Å². The summed E-state index contributed by atoms with van der Waals surface area (Å²) in [7, 11) is -3.84. The molecule has 2 aromatic carbocycles. The van der Waals surface area contributed by atoms with Gasteiger partial charge in [0, 0.05) is 31.8 Å². The molecule has 6 nitrogen and oxygen atoms in total. The fourth-order valence-electron chi connectivity index (χ4n) is 4.62. The SMILES string of the molecule is O=C(O)C[C@@H]1CCN(S(=O)(=O)c2ccc(F)cc2)C[C@@H]1CC1=NCCc2cc(F)ccc21. The van der Waals surface area contributed by atoms with Crippen molar-refractivity contribution in [3.63, 3.8) is 0 Å². The molecule has 2 atom stereocenters. The Kier molecular flexibility index (Phi) is 6.39. The lowest BCUT2D eigenvalue weighted by Gasteiger charge is -2.38. The molecule has 0 unspecified atom stereocenters. The molecule has 1 N–H and O–H groups in total. The Morgan fingerprint density at radius 1 is 1.09 bits per heavy atom. The van der Waals surface area contributed by atoms with Crippen molar-refractivity contribution in [2.24, 2.45) is 16.8 Å². The molecule has 0 aromatic heterocycles. The average Bonchev–Trinajstić information content (AvgIpc) is 2.74. The second-order valence-corrected chi connectivity index (χ2v) is 10.2. The zero-order chi connectivity index (χ0) is 22.9. The number of nitrogens with zero attached hydrogens (tertiary/aromatic N) is 2. The van der Waals surface area contributed by atoms with E-state index < -0.39 is 21.8 Å². The van der Waals surface area contributed by atoms with Crippen LogP contribution in [0.3, 0.4) is 0 Å². The number of aliphatic carboxylic acids is 1. The lowest BCUT2D eigenvalue weighted by atomic mass is 9.79. The quantitative estimate of drug-likeness (QED) is 0.712. The zero-order valence-corrected chi connectivity index (χ0v) is 18.2. The van der Waals surface area contributed by atoms with E-state index in [4.69, 9.17) is 0 Å². The van der Waals surface area contributed by atoms with Crippen molar-refractivity contribution in [3.05, 3.63) is 65.2 Å². The van der Waals surface area contributed by atoms with E-state index in [0.717, 1.165) is 29.0 Å². The molecule has 2 aliphatic heterocycles. The highest BCUT2D eigenvalue weighted by atomic mass is 32.2. The highest BCUT2D eigenvalue weighted by Gasteiger charge is 2.37. The number of aliphatic imine (C=N–C) groups is 1. The van der Waals surface area contributed by atoms with E-state index in [2.05, 4.69) is 4.99 Å². The van der Waals surface area contributed by atoms with Crippen LogP contribution in [-0.4, -0.2) is 49.1 Å². The minimum Gasteiger partial charge on any atom is -0.481 e. The summed E-state index contributed by atoms with van der Waals surface area (Å²) in [4.78, 5) is 16.0. The number of hydrogen-bond acceptors (Lipinski definition) is 4. The molecular weight excluding hydrogens is 438 g/mol. The monoisotopic (exact) mass is 462 g/mol. The van der Waals surface area contributed by atoms with Gasteiger partial charge in [0.25, 0.3) is 0 Å². The Bertz CT molecular complexity index is 1150. The van der Waals surface area contributed by atoms with Gasteiger partial charge in [0.15, 0.2) is 0 Å². The van der Waals surface area contributed by atoms with E-state index in [-0.39, 0.29) is 42.1 Å². The lowest BCUT2D eigenvalue weighted by molar-refractivity contribution is -0.138. The summed E-state index contributed by atoms with van der Waals surface area (Å²) in [5.74, 6) is -2.23. The third kappa shape index (κ3) is 4.73. The predicted octanol–water partition coefficient (Wildman–Crippen LogP) is 3.50. The number of halogens is 2. The molecule has 0 bridgehead atoms. The molecule has 1 fully saturated rings. The second kappa shape index (κ2) is 9.07. The molecule has 0 amide bonds. The Morgan fingerprint density at radius 2 is 1.81 bits per heavy atom. The van der Waals surface area contributed by atoms with Crippen LogP contribution >= 0.6 is 0 Å². The number of carbonyl (C=O) groups is 1. The largest absolute Gasteiger partial charge is 0.481 e. The van der Waals surface area contributed by atoms with Crippen molar-refractivity contribution >= 4 is 21.7 Å². The van der Waals surface area contributed by atoms with Crippen LogP contribution in [-0.2, 0) is 21.2 Å². The fourth-order valence-corrected chi connectivity index (χ4v) is 6.13. The molecule has 2 heterocycles. The number of rotatable bonds is 6. The van der Waals surface area contributed by atoms with E-state index in [9.17, 15) is 27.1 Å². The molecule has 9 heteroatoms. The van der Waals surface area contributed by atoms with Crippen molar-refractivity contribution in [3.8, 4) is 0 Å². The van der Waals surface area contributed by atoms with Crippen LogP contribution in [0.25, 0.3) is 0 Å². The Balaban J connectivity index is 1.60. The van der Waals surface area contributed by atoms with Gasteiger partial charge >= 0.3 is 5.97 Å². The van der Waals surface area contributed by atoms with Gasteiger partial charge in [0.05, 0.1) is 4.90 Å². The molecule has 0 aliphatic carbocycles. The number of benzene rings is 2. The molecular formula is C23H24F2N2O4S. The second-order valence-electron chi connectivity index (χ2n) is 8.31. The maximum absolute atomic E-state index is 13.7. The first-order valence-electron chi connectivity index (χ1n) is 10.5. The normalized spacial score (nSPS) is 21.6. The summed E-state index contributed by atoms with van der Waals surface area (Å²) in [6.45, 7) is 0.856. The summed E-state index contributed by atoms with van der Waals surface area (Å²) in [5.41, 5.74) is 2.45. The maximum Gasteiger partial charge on any atom is 0.303 e. The van der Waals surface area contributed by atoms with Gasteiger partial charge in [0.2, 0.25) is 10.0 Å². The van der Waals surface area contributed by atoms with Crippen LogP contribution in [0, 0.1) is 23.5 Å². The van der Waals surface area contributed by atoms with Gasteiger partial charge in [-0.1, -0.05) is 0 Å². The van der Waals surface area contributed by atoms with Gasteiger partial charge < -0.3 is 5.11 Å². The van der Waals surface area contributed by atoms with Crippen molar-refractivity contribution in [1.82, 2.24) is 4.31 Å². The van der Waals surface area contributed by atoms with Gasteiger partial charge in [-0.15, -0.1) is 0 Å². The fraction of sp³-hybridized carbons (Fsp3) is 0.391. The first kappa shape index (κ1) is 22.5. The summed E-state index contributed by atoms with van der Waals surface area (Å²) >= 11 is 0. The number of carboxylic acids is 1. The van der Waals surface area contributed by atoms with Gasteiger partial charge in [-0.3, -0.25) is 9.79 Å². The van der Waals surface area contributed by atoms with E-state index >= 15 is 0 Å². The van der Waals surface area contributed by atoms with E-state index in [0.29, 0.717) is 25.8 Å². The first-order chi connectivity index (χ1) is 15.2. The van der Waals surface area contributed by atoms with Crippen LogP contribution in [0.4, 0.5) is 8.78 Å². The number of hydrogen-bond donors (Lipinski definition) is 1. The smallest absolute Gasteiger partial charge is 0.303 e. The molecule has 32 heavy (non-hydrogen) atoms. The van der Waals surface area contributed by atoms with Crippen molar-refractivity contribution in [1.29, 1.82) is 0 Å². The molecule has 1 saturated heterocycles. The van der Waals surface area contributed by atoms with Crippen LogP contribution in [0.1, 0.15) is 30.4 Å². The first-order valence-corrected chi connectivity index (χ1v) is 12.0. The molecule has 170 valence electrons. The Hall–Kier alpha value is -2.65. The summed E-state index contributed by atoms with van der Waals surface area (Å²) in [5, 5.41) is 9.37. The standard InChI is InChI=1S/C23H24F2N2O4S/c24-18-1-4-20(5-2-18)32(30,31)27-10-8-15(13-23(28)29)17(14-27)12-22-21-6-3-19(25)11-16(21)7-9-26-22/h1-6,11,15,17H,7-10,12-14H2,(H,28,29)/t15-,17-/m0/s1. The van der Waals surface area contributed by atoms with Gasteiger partial charge in [0.1, 0.15) is 11.6 Å². The van der Waals surface area contributed by atoms with Crippen molar-refractivity contribution < 1.29 is 27.1 Å². The van der Waals surface area contributed by atoms with E-state index in [1.807, 2.05) is 0 Å². The third-order valence-electron chi connectivity index (χ3n) is 6.26. The molecule has 0 saturated carbocycles. The van der Waals surface area contributed by atoms with Gasteiger partial charge in [-0.25, -0.2) is 17.2 Å². The summed E-state index contributed by atoms with van der Waals surface area (Å²) in [6.07, 6.45) is 1.39. The van der Waals surface area contributed by atoms with Crippen molar-refractivity contribution in [2.45, 2.75) is 30.6 Å². The van der Waals surface area contributed by atoms with Gasteiger partial charge in [-0.05, 0) is 84.7 Å². The highest BCUT2D eigenvalue weighted by molar-refractivity contribution is 7.89. The summed E-state index contributed by atoms with van der Waals surface area (Å²) in [6, 6.07) is 9.23. The maximum atomic E-state index is 13.7. The minimum absolute atomic E-state index is 0.00478. The number of fused-ring (bicyclic) bond motifs is 1. The Morgan fingerprint density at radius 3 is 2.53 bits per heavy atom. The number of piperidine rings is 1. The average molecular weight is 463 g/mol. The summed E-state index contributed by atoms with van der Waals surface area (Å²) < 4.78 is 54.5. The molecule has 2 aliphatic rings. The van der Waals surface area contributed by atoms with Crippen LogP contribution in [0.5, 0.6) is 0 Å². The molecule has 0 radical (unpaired) electrons. The lowest BCUT2D eigenvalue weighted by Crippen LogP contribution is -2.45. The van der Waals surface area contributed by atoms with Crippen LogP contribution in [0.15, 0.2) is 52.4 Å². The predicted molar refractivity (Wildman–Crippen MR) is 115 cm³/mol. The van der Waals surface area contributed by atoms with Crippen molar-refractivity contribution in [2.75, 3.05) is 19.6 Å². The number of carboxylic acid groups (broad SMARTS) is 1. The van der Waals surface area contributed by atoms with E-state index in [1.165, 1.54) is 28.6 Å². The zero-order valence-electron chi connectivity index (χ0n) is 17.4. The third-order valence-corrected chi connectivity index (χ3v) is 8.14. The van der Waals surface area contributed by atoms with Crippen LogP contribution < -0.4 is 0 Å². The molecule has 0 spiro atoms. The highest BCUT2D eigenvalue weighted by Crippen LogP contribution is 2.34. The van der Waals surface area contributed by atoms with Gasteiger partial charge in [-0.2, -0.15) is 4.31 Å². The van der Waals surface area contributed by atoms with E-state index in [1.54, 1.807) is 6.07 Å². The molecule has 4 rings (SSSR count). The number of sulfonamides is 1. The molecule has 2 aromatic rings. The minimum atomic E-state index is -3.84.